The standard InChI is InChI=1S/C15H17N3O2S/c1-10-14(21-17-16-10)15(19)18-8-7-12(9-18)11-3-5-13(20-2)6-4-11/h3-6,12H,7-9H2,1-2H3/t12-/m1/s1. The number of benzene rings is 1. The van der Waals surface area contributed by atoms with Gasteiger partial charge >= 0.3 is 0 Å². The molecule has 1 saturated heterocycles. The first-order valence-corrected chi connectivity index (χ1v) is 7.68. The summed E-state index contributed by atoms with van der Waals surface area (Å²) in [5, 5.41) is 3.91. The molecule has 0 N–H and O–H groups in total. The minimum absolute atomic E-state index is 0.0542. The van der Waals surface area contributed by atoms with Gasteiger partial charge in [-0.3, -0.25) is 4.79 Å². The van der Waals surface area contributed by atoms with Crippen LogP contribution in [0.2, 0.25) is 0 Å². The molecule has 2 heterocycles. The fraction of sp³-hybridized carbons (Fsp3) is 0.400. The van der Waals surface area contributed by atoms with Gasteiger partial charge in [-0.05, 0) is 42.6 Å². The van der Waals surface area contributed by atoms with E-state index in [1.165, 1.54) is 17.1 Å². The minimum atomic E-state index is 0.0542. The van der Waals surface area contributed by atoms with Gasteiger partial charge in [0.25, 0.3) is 5.91 Å². The van der Waals surface area contributed by atoms with Crippen LogP contribution in [-0.2, 0) is 0 Å². The van der Waals surface area contributed by atoms with Crippen LogP contribution in [0.5, 0.6) is 5.75 Å². The van der Waals surface area contributed by atoms with Crippen molar-refractivity contribution in [3.05, 3.63) is 40.4 Å². The zero-order valence-corrected chi connectivity index (χ0v) is 12.9. The Morgan fingerprint density at radius 3 is 2.76 bits per heavy atom. The molecule has 21 heavy (non-hydrogen) atoms. The first kappa shape index (κ1) is 14.0. The Labute approximate surface area is 127 Å². The molecule has 1 amide bonds. The van der Waals surface area contributed by atoms with E-state index in [-0.39, 0.29) is 5.91 Å². The molecule has 110 valence electrons. The van der Waals surface area contributed by atoms with Crippen molar-refractivity contribution in [3.63, 3.8) is 0 Å². The van der Waals surface area contributed by atoms with Crippen LogP contribution in [0, 0.1) is 6.92 Å². The van der Waals surface area contributed by atoms with Crippen LogP contribution in [0.15, 0.2) is 24.3 Å². The van der Waals surface area contributed by atoms with Crippen molar-refractivity contribution >= 4 is 17.4 Å². The SMILES string of the molecule is COc1ccc([C@@H]2CCN(C(=O)c3snnc3C)C2)cc1. The highest BCUT2D eigenvalue weighted by Crippen LogP contribution is 2.29. The zero-order valence-electron chi connectivity index (χ0n) is 12.1. The monoisotopic (exact) mass is 303 g/mol. The predicted molar refractivity (Wildman–Crippen MR) is 80.9 cm³/mol. The van der Waals surface area contributed by atoms with E-state index in [2.05, 4.69) is 21.7 Å². The second-order valence-corrected chi connectivity index (χ2v) is 5.95. The van der Waals surface area contributed by atoms with Gasteiger partial charge < -0.3 is 9.64 Å². The summed E-state index contributed by atoms with van der Waals surface area (Å²) in [6.07, 6.45) is 0.989. The van der Waals surface area contributed by atoms with E-state index in [4.69, 9.17) is 4.74 Å². The van der Waals surface area contributed by atoms with Crippen molar-refractivity contribution in [2.24, 2.45) is 0 Å². The molecule has 3 rings (SSSR count). The molecule has 0 spiro atoms. The van der Waals surface area contributed by atoms with Gasteiger partial charge in [-0.1, -0.05) is 16.6 Å². The summed E-state index contributed by atoms with van der Waals surface area (Å²) in [5.74, 6) is 1.30. The second-order valence-electron chi connectivity index (χ2n) is 5.20. The van der Waals surface area contributed by atoms with Crippen molar-refractivity contribution < 1.29 is 9.53 Å². The lowest BCUT2D eigenvalue weighted by atomic mass is 9.98. The molecule has 0 saturated carbocycles. The van der Waals surface area contributed by atoms with Crippen LogP contribution in [0.1, 0.15) is 33.3 Å². The fourth-order valence-corrected chi connectivity index (χ4v) is 3.29. The average Bonchev–Trinajstić information content (AvgIpc) is 3.16. The number of methoxy groups -OCH3 is 1. The van der Waals surface area contributed by atoms with Crippen molar-refractivity contribution in [3.8, 4) is 5.75 Å². The third kappa shape index (κ3) is 2.76. The van der Waals surface area contributed by atoms with Gasteiger partial charge in [0.2, 0.25) is 0 Å². The van der Waals surface area contributed by atoms with Crippen LogP contribution in [0.25, 0.3) is 0 Å². The van der Waals surface area contributed by atoms with E-state index < -0.39 is 0 Å². The molecule has 1 atom stereocenters. The molecule has 0 aliphatic carbocycles. The van der Waals surface area contributed by atoms with Crippen molar-refractivity contribution in [1.29, 1.82) is 0 Å². The van der Waals surface area contributed by atoms with E-state index in [0.29, 0.717) is 10.8 Å². The molecule has 5 nitrogen and oxygen atoms in total. The van der Waals surface area contributed by atoms with E-state index in [1.54, 1.807) is 7.11 Å². The largest absolute Gasteiger partial charge is 0.497 e. The minimum Gasteiger partial charge on any atom is -0.497 e. The average molecular weight is 303 g/mol. The number of nitrogens with zero attached hydrogens (tertiary/aromatic N) is 3. The Morgan fingerprint density at radius 1 is 1.38 bits per heavy atom. The number of rotatable bonds is 3. The second kappa shape index (κ2) is 5.81. The molecule has 0 radical (unpaired) electrons. The topological polar surface area (TPSA) is 55.3 Å². The van der Waals surface area contributed by atoms with Gasteiger partial charge in [-0.2, -0.15) is 0 Å². The maximum Gasteiger partial charge on any atom is 0.267 e. The van der Waals surface area contributed by atoms with Crippen LogP contribution in [0.3, 0.4) is 0 Å². The van der Waals surface area contributed by atoms with Crippen LogP contribution < -0.4 is 4.74 Å². The number of ether oxygens (including phenoxy) is 1. The zero-order chi connectivity index (χ0) is 14.8. The molecule has 1 aliphatic rings. The van der Waals surface area contributed by atoms with E-state index >= 15 is 0 Å². The molecule has 6 heteroatoms. The quantitative estimate of drug-likeness (QED) is 0.874. The number of hydrogen-bond acceptors (Lipinski definition) is 5. The third-order valence-corrected chi connectivity index (χ3v) is 4.72. The van der Waals surface area contributed by atoms with Crippen LogP contribution >= 0.6 is 11.5 Å². The number of carbonyl (C=O) groups is 1. The molecule has 1 aliphatic heterocycles. The summed E-state index contributed by atoms with van der Waals surface area (Å²) >= 11 is 1.18. The summed E-state index contributed by atoms with van der Waals surface area (Å²) < 4.78 is 9.02. The third-order valence-electron chi connectivity index (χ3n) is 3.91. The summed E-state index contributed by atoms with van der Waals surface area (Å²) in [4.78, 5) is 15.0. The lowest BCUT2D eigenvalue weighted by molar-refractivity contribution is 0.0794. The van der Waals surface area contributed by atoms with Crippen LogP contribution in [0.4, 0.5) is 0 Å². The smallest absolute Gasteiger partial charge is 0.267 e. The molecule has 1 aromatic heterocycles. The fourth-order valence-electron chi connectivity index (χ4n) is 2.66. The molecule has 2 aromatic rings. The Balaban J connectivity index is 1.70. The Morgan fingerprint density at radius 2 is 2.14 bits per heavy atom. The van der Waals surface area contributed by atoms with Crippen molar-refractivity contribution in [2.45, 2.75) is 19.3 Å². The molecule has 0 unspecified atom stereocenters. The number of carbonyl (C=O) groups excluding carboxylic acids is 1. The highest BCUT2D eigenvalue weighted by Gasteiger charge is 2.29. The van der Waals surface area contributed by atoms with E-state index in [9.17, 15) is 4.79 Å². The van der Waals surface area contributed by atoms with Gasteiger partial charge in [0.05, 0.1) is 12.8 Å². The van der Waals surface area contributed by atoms with Crippen molar-refractivity contribution in [2.75, 3.05) is 20.2 Å². The summed E-state index contributed by atoms with van der Waals surface area (Å²) in [7, 11) is 1.66. The number of likely N-dealkylation sites (tertiary alicyclic amines) is 1. The number of aryl methyl sites for hydroxylation is 1. The predicted octanol–water partition coefficient (Wildman–Crippen LogP) is 2.48. The van der Waals surface area contributed by atoms with Crippen LogP contribution in [-0.4, -0.2) is 40.6 Å². The highest BCUT2D eigenvalue weighted by atomic mass is 32.1. The first-order chi connectivity index (χ1) is 10.2. The summed E-state index contributed by atoms with van der Waals surface area (Å²) in [5.41, 5.74) is 1.98. The first-order valence-electron chi connectivity index (χ1n) is 6.91. The normalized spacial score (nSPS) is 18.0. The van der Waals surface area contributed by atoms with Gasteiger partial charge in [0.15, 0.2) is 0 Å². The summed E-state index contributed by atoms with van der Waals surface area (Å²) in [6.45, 7) is 3.36. The number of hydrogen-bond donors (Lipinski definition) is 0. The Hall–Kier alpha value is -1.95. The van der Waals surface area contributed by atoms with Gasteiger partial charge in [-0.25, -0.2) is 0 Å². The Kier molecular flexibility index (Phi) is 3.88. The van der Waals surface area contributed by atoms with E-state index in [1.807, 2.05) is 24.0 Å². The van der Waals surface area contributed by atoms with Gasteiger partial charge in [0.1, 0.15) is 10.6 Å². The maximum atomic E-state index is 12.4. The maximum absolute atomic E-state index is 12.4. The van der Waals surface area contributed by atoms with Gasteiger partial charge in [-0.15, -0.1) is 5.10 Å². The summed E-state index contributed by atoms with van der Waals surface area (Å²) in [6, 6.07) is 8.10. The number of amides is 1. The molecule has 1 aromatic carbocycles. The lowest BCUT2D eigenvalue weighted by Crippen LogP contribution is -2.28. The lowest BCUT2D eigenvalue weighted by Gasteiger charge is -2.16. The van der Waals surface area contributed by atoms with E-state index in [0.717, 1.165) is 31.0 Å². The van der Waals surface area contributed by atoms with Gasteiger partial charge in [0, 0.05) is 19.0 Å². The molecule has 0 bridgehead atoms. The Bertz CT molecular complexity index is 639. The van der Waals surface area contributed by atoms with Crippen molar-refractivity contribution in [1.82, 2.24) is 14.5 Å². The highest BCUT2D eigenvalue weighted by molar-refractivity contribution is 7.07. The number of aromatic nitrogens is 2. The molecule has 1 fully saturated rings. The molecular formula is C15H17N3O2S. The molecular weight excluding hydrogens is 286 g/mol.